The van der Waals surface area contributed by atoms with Crippen molar-refractivity contribution in [2.75, 3.05) is 57.5 Å². The van der Waals surface area contributed by atoms with E-state index in [4.69, 9.17) is 9.47 Å². The Hall–Kier alpha value is -1.17. The average molecular weight is 317 g/mol. The van der Waals surface area contributed by atoms with E-state index in [0.29, 0.717) is 11.5 Å². The Bertz CT molecular complexity index is 496. The SMILES string of the molecule is c1cncc(N2CCOCC3(CCN(C4CCOC4)CC3)C2)c1. The number of nitrogens with zero attached hydrogens (tertiary/aromatic N) is 3. The molecule has 0 radical (unpaired) electrons. The summed E-state index contributed by atoms with van der Waals surface area (Å²) in [6.07, 6.45) is 7.46. The average Bonchev–Trinajstić information content (AvgIpc) is 3.06. The summed E-state index contributed by atoms with van der Waals surface area (Å²) in [5, 5.41) is 0. The van der Waals surface area contributed by atoms with Crippen LogP contribution in [0.15, 0.2) is 24.5 Å². The molecule has 4 rings (SSSR count). The normalized spacial score (nSPS) is 28.9. The monoisotopic (exact) mass is 317 g/mol. The Morgan fingerprint density at radius 2 is 2.04 bits per heavy atom. The third-order valence-corrected chi connectivity index (χ3v) is 5.73. The molecule has 0 N–H and O–H groups in total. The van der Waals surface area contributed by atoms with Crippen molar-refractivity contribution in [1.29, 1.82) is 0 Å². The van der Waals surface area contributed by atoms with E-state index in [2.05, 4.69) is 20.9 Å². The lowest BCUT2D eigenvalue weighted by Gasteiger charge is -2.44. The van der Waals surface area contributed by atoms with Crippen LogP contribution in [0.2, 0.25) is 0 Å². The molecule has 4 heterocycles. The van der Waals surface area contributed by atoms with Gasteiger partial charge in [-0.25, -0.2) is 0 Å². The van der Waals surface area contributed by atoms with Crippen LogP contribution in [0, 0.1) is 5.41 Å². The second-order valence-electron chi connectivity index (χ2n) is 7.24. The van der Waals surface area contributed by atoms with Crippen LogP contribution in [-0.4, -0.2) is 68.5 Å². The van der Waals surface area contributed by atoms with Gasteiger partial charge in [0, 0.05) is 37.4 Å². The van der Waals surface area contributed by atoms with Crippen molar-refractivity contribution < 1.29 is 9.47 Å². The van der Waals surface area contributed by atoms with Gasteiger partial charge in [0.05, 0.1) is 31.7 Å². The first-order valence-electron chi connectivity index (χ1n) is 8.89. The van der Waals surface area contributed by atoms with Gasteiger partial charge in [0.15, 0.2) is 0 Å². The van der Waals surface area contributed by atoms with E-state index in [9.17, 15) is 0 Å². The van der Waals surface area contributed by atoms with E-state index in [1.165, 1.54) is 38.0 Å². The minimum Gasteiger partial charge on any atom is -0.380 e. The van der Waals surface area contributed by atoms with Crippen molar-refractivity contribution >= 4 is 5.69 Å². The molecule has 0 amide bonds. The van der Waals surface area contributed by atoms with Crippen molar-refractivity contribution in [1.82, 2.24) is 9.88 Å². The highest BCUT2D eigenvalue weighted by Crippen LogP contribution is 2.36. The maximum Gasteiger partial charge on any atom is 0.0641 e. The molecule has 5 nitrogen and oxygen atoms in total. The number of rotatable bonds is 2. The molecule has 3 saturated heterocycles. The van der Waals surface area contributed by atoms with E-state index in [-0.39, 0.29) is 0 Å². The lowest BCUT2D eigenvalue weighted by Crippen LogP contribution is -2.50. The molecule has 126 valence electrons. The third-order valence-electron chi connectivity index (χ3n) is 5.73. The molecular weight excluding hydrogens is 290 g/mol. The summed E-state index contributed by atoms with van der Waals surface area (Å²) in [5.41, 5.74) is 1.52. The largest absolute Gasteiger partial charge is 0.380 e. The molecule has 3 aliphatic heterocycles. The van der Waals surface area contributed by atoms with Crippen LogP contribution in [0.25, 0.3) is 0 Å². The second kappa shape index (κ2) is 6.75. The molecule has 3 fully saturated rings. The summed E-state index contributed by atoms with van der Waals surface area (Å²) in [4.78, 5) is 9.39. The zero-order valence-electron chi connectivity index (χ0n) is 13.8. The first-order chi connectivity index (χ1) is 11.3. The molecular formula is C18H27N3O2. The van der Waals surface area contributed by atoms with Gasteiger partial charge >= 0.3 is 0 Å². The Labute approximate surface area is 138 Å². The Kier molecular flexibility index (Phi) is 4.51. The first-order valence-corrected chi connectivity index (χ1v) is 8.89. The smallest absolute Gasteiger partial charge is 0.0641 e. The van der Waals surface area contributed by atoms with Gasteiger partial charge in [-0.2, -0.15) is 0 Å². The number of ether oxygens (including phenoxy) is 2. The molecule has 0 aliphatic carbocycles. The summed E-state index contributed by atoms with van der Waals surface area (Å²) in [7, 11) is 0. The fourth-order valence-corrected chi connectivity index (χ4v) is 4.23. The standard InChI is InChI=1S/C18H27N3O2/c1-2-16(12-19-6-1)21-9-11-23-15-18(14-21)4-7-20(8-5-18)17-3-10-22-13-17/h1-2,6,12,17H,3-5,7-11,13-15H2. The van der Waals surface area contributed by atoms with E-state index < -0.39 is 0 Å². The molecule has 0 bridgehead atoms. The number of likely N-dealkylation sites (tertiary alicyclic amines) is 1. The van der Waals surface area contributed by atoms with E-state index in [1.807, 2.05) is 18.5 Å². The number of piperidine rings is 1. The maximum absolute atomic E-state index is 5.99. The van der Waals surface area contributed by atoms with Gasteiger partial charge in [0.2, 0.25) is 0 Å². The van der Waals surface area contributed by atoms with Crippen molar-refractivity contribution in [2.24, 2.45) is 5.41 Å². The first kappa shape index (κ1) is 15.4. The molecule has 0 aromatic carbocycles. The Balaban J connectivity index is 1.43. The van der Waals surface area contributed by atoms with Crippen molar-refractivity contribution in [3.05, 3.63) is 24.5 Å². The van der Waals surface area contributed by atoms with Crippen molar-refractivity contribution in [2.45, 2.75) is 25.3 Å². The lowest BCUT2D eigenvalue weighted by atomic mass is 9.78. The van der Waals surface area contributed by atoms with E-state index >= 15 is 0 Å². The van der Waals surface area contributed by atoms with Crippen LogP contribution in [0.4, 0.5) is 5.69 Å². The summed E-state index contributed by atoms with van der Waals surface area (Å²) >= 11 is 0. The molecule has 1 aromatic heterocycles. The molecule has 0 saturated carbocycles. The van der Waals surface area contributed by atoms with Gasteiger partial charge in [-0.3, -0.25) is 9.88 Å². The van der Waals surface area contributed by atoms with Crippen molar-refractivity contribution in [3.63, 3.8) is 0 Å². The summed E-state index contributed by atoms with van der Waals surface area (Å²) < 4.78 is 11.6. The van der Waals surface area contributed by atoms with Crippen molar-refractivity contribution in [3.8, 4) is 0 Å². The van der Waals surface area contributed by atoms with E-state index in [1.54, 1.807) is 0 Å². The number of hydrogen-bond acceptors (Lipinski definition) is 5. The molecule has 1 atom stereocenters. The highest BCUT2D eigenvalue weighted by Gasteiger charge is 2.40. The van der Waals surface area contributed by atoms with Gasteiger partial charge in [-0.05, 0) is 44.5 Å². The quantitative estimate of drug-likeness (QED) is 0.831. The van der Waals surface area contributed by atoms with Gasteiger partial charge < -0.3 is 14.4 Å². The van der Waals surface area contributed by atoms with E-state index in [0.717, 1.165) is 39.5 Å². The van der Waals surface area contributed by atoms with Gasteiger partial charge in [-0.1, -0.05) is 0 Å². The van der Waals surface area contributed by atoms with Gasteiger partial charge in [-0.15, -0.1) is 0 Å². The van der Waals surface area contributed by atoms with Crippen LogP contribution in [0.1, 0.15) is 19.3 Å². The summed E-state index contributed by atoms with van der Waals surface area (Å²) in [6, 6.07) is 4.83. The fraction of sp³-hybridized carbons (Fsp3) is 0.722. The molecule has 1 unspecified atom stereocenters. The summed E-state index contributed by atoms with van der Waals surface area (Å²) in [5.74, 6) is 0. The molecule has 5 heteroatoms. The lowest BCUT2D eigenvalue weighted by molar-refractivity contribution is 0.00920. The Morgan fingerprint density at radius 3 is 2.78 bits per heavy atom. The van der Waals surface area contributed by atoms with Gasteiger partial charge in [0.25, 0.3) is 0 Å². The zero-order chi connectivity index (χ0) is 15.5. The van der Waals surface area contributed by atoms with Gasteiger partial charge in [0.1, 0.15) is 0 Å². The maximum atomic E-state index is 5.99. The number of anilines is 1. The van der Waals surface area contributed by atoms with Crippen LogP contribution < -0.4 is 4.90 Å². The highest BCUT2D eigenvalue weighted by atomic mass is 16.5. The summed E-state index contributed by atoms with van der Waals surface area (Å²) in [6.45, 7) is 7.99. The minimum absolute atomic E-state index is 0.294. The zero-order valence-corrected chi connectivity index (χ0v) is 13.8. The van der Waals surface area contributed by atoms with Crippen LogP contribution in [-0.2, 0) is 9.47 Å². The highest BCUT2D eigenvalue weighted by molar-refractivity contribution is 5.44. The van der Waals surface area contributed by atoms with Crippen LogP contribution >= 0.6 is 0 Å². The number of hydrogen-bond donors (Lipinski definition) is 0. The van der Waals surface area contributed by atoms with Crippen LogP contribution in [0.3, 0.4) is 0 Å². The topological polar surface area (TPSA) is 37.8 Å². The number of pyridine rings is 1. The third kappa shape index (κ3) is 3.37. The van der Waals surface area contributed by atoms with Crippen LogP contribution in [0.5, 0.6) is 0 Å². The predicted molar refractivity (Wildman–Crippen MR) is 89.7 cm³/mol. The number of aromatic nitrogens is 1. The molecule has 23 heavy (non-hydrogen) atoms. The predicted octanol–water partition coefficient (Wildman–Crippen LogP) is 1.79. The molecule has 1 aromatic rings. The second-order valence-corrected chi connectivity index (χ2v) is 7.24. The fourth-order valence-electron chi connectivity index (χ4n) is 4.23. The molecule has 3 aliphatic rings. The Morgan fingerprint density at radius 1 is 1.13 bits per heavy atom. The molecule has 1 spiro atoms. The minimum atomic E-state index is 0.294.